The van der Waals surface area contributed by atoms with Crippen LogP contribution in [0.3, 0.4) is 0 Å². The van der Waals surface area contributed by atoms with E-state index in [0.717, 1.165) is 6.08 Å². The lowest BCUT2D eigenvalue weighted by molar-refractivity contribution is -0.113. The van der Waals surface area contributed by atoms with Crippen LogP contribution in [0.2, 0.25) is 0 Å². The smallest absolute Gasteiger partial charge is 0.276 e. The third kappa shape index (κ3) is 11.5. The lowest BCUT2D eigenvalue weighted by Gasteiger charge is -1.99. The SMILES string of the molecule is C=CC(N)=O.CCC(S)S(=O)(=O)O. The molecule has 78 valence electrons. The van der Waals surface area contributed by atoms with Gasteiger partial charge in [-0.05, 0) is 12.5 Å². The molecular weight excluding hydrogens is 214 g/mol. The lowest BCUT2D eigenvalue weighted by Crippen LogP contribution is -2.11. The largest absolute Gasteiger partial charge is 0.366 e. The van der Waals surface area contributed by atoms with Gasteiger partial charge in [0.2, 0.25) is 5.91 Å². The summed E-state index contributed by atoms with van der Waals surface area (Å²) in [5.41, 5.74) is 4.53. The summed E-state index contributed by atoms with van der Waals surface area (Å²) in [5.74, 6) is -0.481. The summed E-state index contributed by atoms with van der Waals surface area (Å²) in [5, 5.41) is 0. The van der Waals surface area contributed by atoms with Crippen LogP contribution in [0.5, 0.6) is 0 Å². The number of nitrogens with two attached hydrogens (primary N) is 1. The molecule has 0 heterocycles. The standard InChI is InChI=1S/C3H5NO.C3H8O3S2/c1-2-3(4)5;1-2-3(7)8(4,5)6/h2H,1H2,(H2,4,5);3,7H,2H2,1H3,(H,4,5,6). The predicted octanol–water partition coefficient (Wildman–Crippen LogP) is 0.198. The van der Waals surface area contributed by atoms with E-state index in [0.29, 0.717) is 6.42 Å². The zero-order valence-corrected chi connectivity index (χ0v) is 8.88. The van der Waals surface area contributed by atoms with Crippen LogP contribution in [0.4, 0.5) is 0 Å². The van der Waals surface area contributed by atoms with Gasteiger partial charge in [-0.3, -0.25) is 9.35 Å². The van der Waals surface area contributed by atoms with Crippen LogP contribution in [0.15, 0.2) is 12.7 Å². The van der Waals surface area contributed by atoms with Crippen molar-refractivity contribution >= 4 is 28.7 Å². The van der Waals surface area contributed by atoms with E-state index in [4.69, 9.17) is 4.55 Å². The zero-order valence-electron chi connectivity index (χ0n) is 7.17. The maximum absolute atomic E-state index is 10.0. The van der Waals surface area contributed by atoms with Gasteiger partial charge in [-0.2, -0.15) is 21.0 Å². The number of amides is 1. The Balaban J connectivity index is 0. The lowest BCUT2D eigenvalue weighted by atomic mass is 10.6. The van der Waals surface area contributed by atoms with Crippen LogP contribution in [-0.4, -0.2) is 23.5 Å². The molecule has 0 saturated carbocycles. The molecule has 0 fully saturated rings. The summed E-state index contributed by atoms with van der Waals surface area (Å²) < 4.78 is 27.3. The second-order valence-electron chi connectivity index (χ2n) is 1.98. The number of primary amides is 1. The first kappa shape index (κ1) is 15.0. The Morgan fingerprint density at radius 2 is 2.08 bits per heavy atom. The van der Waals surface area contributed by atoms with Gasteiger partial charge in [-0.1, -0.05) is 13.5 Å². The highest BCUT2D eigenvalue weighted by molar-refractivity contribution is 8.01. The monoisotopic (exact) mass is 227 g/mol. The molecule has 1 amide bonds. The minimum Gasteiger partial charge on any atom is -0.366 e. The second kappa shape index (κ2) is 6.93. The van der Waals surface area contributed by atoms with Crippen molar-refractivity contribution in [1.29, 1.82) is 0 Å². The van der Waals surface area contributed by atoms with Crippen molar-refractivity contribution in [3.8, 4) is 0 Å². The fraction of sp³-hybridized carbons (Fsp3) is 0.500. The molecule has 0 bridgehead atoms. The molecule has 0 aliphatic carbocycles. The Labute approximate surface area is 83.2 Å². The van der Waals surface area contributed by atoms with Crippen molar-refractivity contribution in [2.45, 2.75) is 17.9 Å². The maximum Gasteiger partial charge on any atom is 0.276 e. The fourth-order valence-corrected chi connectivity index (χ4v) is 0.632. The van der Waals surface area contributed by atoms with E-state index in [1.807, 2.05) is 0 Å². The number of thiol groups is 1. The summed E-state index contributed by atoms with van der Waals surface area (Å²) in [6.07, 6.45) is 1.38. The molecule has 0 aromatic rings. The summed E-state index contributed by atoms with van der Waals surface area (Å²) in [7, 11) is -3.89. The highest BCUT2D eigenvalue weighted by Gasteiger charge is 2.14. The average Bonchev–Trinajstić information content (AvgIpc) is 2.02. The molecule has 7 heteroatoms. The van der Waals surface area contributed by atoms with Crippen LogP contribution in [0.25, 0.3) is 0 Å². The molecule has 0 aliphatic rings. The average molecular weight is 227 g/mol. The molecule has 0 radical (unpaired) electrons. The number of carbonyl (C=O) groups excluding carboxylic acids is 1. The number of hydrogen-bond acceptors (Lipinski definition) is 4. The molecule has 0 aromatic carbocycles. The van der Waals surface area contributed by atoms with Gasteiger partial charge in [0.05, 0.1) is 0 Å². The Morgan fingerprint density at radius 3 is 2.08 bits per heavy atom. The zero-order chi connectivity index (χ0) is 11.1. The fourth-order valence-electron chi connectivity index (χ4n) is 0.211. The molecule has 3 N–H and O–H groups in total. The van der Waals surface area contributed by atoms with E-state index in [1.165, 1.54) is 0 Å². The molecule has 13 heavy (non-hydrogen) atoms. The van der Waals surface area contributed by atoms with Crippen LogP contribution >= 0.6 is 12.6 Å². The van der Waals surface area contributed by atoms with Gasteiger partial charge in [0, 0.05) is 0 Å². The summed E-state index contributed by atoms with van der Waals surface area (Å²) in [6, 6.07) is 0. The van der Waals surface area contributed by atoms with Crippen molar-refractivity contribution < 1.29 is 17.8 Å². The van der Waals surface area contributed by atoms with Crippen molar-refractivity contribution in [1.82, 2.24) is 0 Å². The van der Waals surface area contributed by atoms with Crippen LogP contribution < -0.4 is 5.73 Å². The minimum atomic E-state index is -3.89. The van der Waals surface area contributed by atoms with E-state index in [-0.39, 0.29) is 0 Å². The first-order valence-corrected chi connectivity index (χ1v) is 5.33. The van der Waals surface area contributed by atoms with Crippen molar-refractivity contribution in [2.75, 3.05) is 0 Å². The molecule has 5 nitrogen and oxygen atoms in total. The van der Waals surface area contributed by atoms with Gasteiger partial charge in [0.1, 0.15) is 4.58 Å². The van der Waals surface area contributed by atoms with Crippen molar-refractivity contribution in [2.24, 2.45) is 5.73 Å². The molecule has 0 aromatic heterocycles. The molecule has 0 spiro atoms. The van der Waals surface area contributed by atoms with E-state index in [2.05, 4.69) is 24.9 Å². The molecule has 1 unspecified atom stereocenters. The van der Waals surface area contributed by atoms with Crippen LogP contribution in [0.1, 0.15) is 13.3 Å². The topological polar surface area (TPSA) is 97.5 Å². The Kier molecular flexibility index (Phi) is 7.98. The first-order chi connectivity index (χ1) is 5.75. The third-order valence-corrected chi connectivity index (χ3v) is 3.08. The summed E-state index contributed by atoms with van der Waals surface area (Å²) in [4.78, 5) is 9.47. The predicted molar refractivity (Wildman–Crippen MR) is 54.0 cm³/mol. The van der Waals surface area contributed by atoms with E-state index in [9.17, 15) is 13.2 Å². The molecule has 1 atom stereocenters. The number of rotatable bonds is 3. The van der Waals surface area contributed by atoms with Gasteiger partial charge >= 0.3 is 0 Å². The van der Waals surface area contributed by atoms with Crippen molar-refractivity contribution in [3.63, 3.8) is 0 Å². The van der Waals surface area contributed by atoms with Crippen molar-refractivity contribution in [3.05, 3.63) is 12.7 Å². The van der Waals surface area contributed by atoms with Gasteiger partial charge in [0.25, 0.3) is 10.1 Å². The highest BCUT2D eigenvalue weighted by Crippen LogP contribution is 2.06. The van der Waals surface area contributed by atoms with E-state index in [1.54, 1.807) is 6.92 Å². The normalized spacial score (nSPS) is 12.2. The van der Waals surface area contributed by atoms with Gasteiger partial charge in [-0.25, -0.2) is 0 Å². The second-order valence-corrected chi connectivity index (χ2v) is 4.56. The molecular formula is C6H13NO4S2. The van der Waals surface area contributed by atoms with Gasteiger partial charge < -0.3 is 5.73 Å². The number of hydrogen-bond donors (Lipinski definition) is 3. The van der Waals surface area contributed by atoms with E-state index >= 15 is 0 Å². The Bertz CT molecular complexity index is 260. The Hall–Kier alpha value is -0.530. The first-order valence-electron chi connectivity index (χ1n) is 3.31. The molecule has 0 rings (SSSR count). The van der Waals surface area contributed by atoms with Crippen LogP contribution in [0, 0.1) is 0 Å². The van der Waals surface area contributed by atoms with Crippen LogP contribution in [-0.2, 0) is 14.9 Å². The quantitative estimate of drug-likeness (QED) is 0.364. The van der Waals surface area contributed by atoms with Gasteiger partial charge in [-0.15, -0.1) is 0 Å². The minimum absolute atomic E-state index is 0.321. The summed E-state index contributed by atoms with van der Waals surface area (Å²) in [6.45, 7) is 4.72. The molecule has 0 aliphatic heterocycles. The maximum atomic E-state index is 10.0. The summed E-state index contributed by atoms with van der Waals surface area (Å²) >= 11 is 3.57. The highest BCUT2D eigenvalue weighted by atomic mass is 32.3. The molecule has 0 saturated heterocycles. The van der Waals surface area contributed by atoms with E-state index < -0.39 is 20.6 Å². The Morgan fingerprint density at radius 1 is 1.77 bits per heavy atom. The van der Waals surface area contributed by atoms with Gasteiger partial charge in [0.15, 0.2) is 0 Å². The third-order valence-electron chi connectivity index (χ3n) is 0.894. The number of carbonyl (C=O) groups is 1.